The van der Waals surface area contributed by atoms with Crippen molar-refractivity contribution in [1.82, 2.24) is 14.9 Å². The van der Waals surface area contributed by atoms with Crippen LogP contribution in [0.15, 0.2) is 29.9 Å². The number of carbonyl (C=O) groups excluding carboxylic acids is 1. The maximum Gasteiger partial charge on any atom is 0.410 e. The summed E-state index contributed by atoms with van der Waals surface area (Å²) in [6.45, 7) is 6.85. The lowest BCUT2D eigenvalue weighted by Crippen LogP contribution is -2.47. The van der Waals surface area contributed by atoms with Gasteiger partial charge in [0.15, 0.2) is 12.3 Å². The molecule has 40 heavy (non-hydrogen) atoms. The van der Waals surface area contributed by atoms with Gasteiger partial charge in [0.05, 0.1) is 10.2 Å². The lowest BCUT2D eigenvalue weighted by atomic mass is 9.96. The zero-order valence-electron chi connectivity index (χ0n) is 23.7. The molecule has 0 N–H and O–H groups in total. The van der Waals surface area contributed by atoms with Gasteiger partial charge in [-0.3, -0.25) is 0 Å². The molecule has 0 atom stereocenters. The molecule has 1 saturated heterocycles. The lowest BCUT2D eigenvalue weighted by Gasteiger charge is -2.37. The number of fused-ring (bicyclic) bond motifs is 1. The summed E-state index contributed by atoms with van der Waals surface area (Å²) >= 11 is 1.50. The summed E-state index contributed by atoms with van der Waals surface area (Å²) in [6.07, 6.45) is 9.45. The molecule has 10 heteroatoms. The number of hydrogen-bond donors (Lipinski definition) is 0. The zero-order chi connectivity index (χ0) is 28.4. The van der Waals surface area contributed by atoms with Gasteiger partial charge in [-0.2, -0.15) is 0 Å². The predicted octanol–water partition coefficient (Wildman–Crippen LogP) is 6.60. The van der Waals surface area contributed by atoms with Gasteiger partial charge in [-0.25, -0.2) is 23.9 Å². The quantitative estimate of drug-likeness (QED) is 0.150. The molecule has 2 aliphatic rings. The minimum atomic E-state index is -0.516. The summed E-state index contributed by atoms with van der Waals surface area (Å²) in [6, 6.07) is 5.14. The minimum Gasteiger partial charge on any atom is -0.624 e. The first-order valence-corrected chi connectivity index (χ1v) is 15.0. The topological polar surface area (TPSA) is 84.6 Å². The van der Waals surface area contributed by atoms with Crippen molar-refractivity contribution >= 4 is 39.7 Å². The first-order valence-electron chi connectivity index (χ1n) is 14.1. The summed E-state index contributed by atoms with van der Waals surface area (Å²) < 4.78 is 22.8. The van der Waals surface area contributed by atoms with Crippen molar-refractivity contribution in [3.63, 3.8) is 0 Å². The Morgan fingerprint density at radius 1 is 1.15 bits per heavy atom. The molecule has 2 aromatic heterocycles. The van der Waals surface area contributed by atoms with Crippen LogP contribution in [0.2, 0.25) is 0 Å². The lowest BCUT2D eigenvalue weighted by molar-refractivity contribution is -0.500. The Morgan fingerprint density at radius 2 is 1.88 bits per heavy atom. The third-order valence-corrected chi connectivity index (χ3v) is 8.79. The van der Waals surface area contributed by atoms with Crippen molar-refractivity contribution < 1.29 is 18.7 Å². The molecule has 1 aliphatic heterocycles. The van der Waals surface area contributed by atoms with E-state index < -0.39 is 5.60 Å². The molecule has 8 nitrogen and oxygen atoms in total. The van der Waals surface area contributed by atoms with Crippen molar-refractivity contribution in [1.29, 1.82) is 0 Å². The first-order chi connectivity index (χ1) is 19.1. The highest BCUT2D eigenvalue weighted by Gasteiger charge is 2.30. The number of amides is 1. The SMILES string of the molecule is CN(c1ncnc2c(-c3ccc(/C=[N+](\[O-])C4CCCCC4)cc3F)csc12)C1CCN(C(=O)OC(C)(C)C)CC1. The van der Waals surface area contributed by atoms with Crippen LogP contribution in [0.25, 0.3) is 21.3 Å². The van der Waals surface area contributed by atoms with Gasteiger partial charge in [0, 0.05) is 61.1 Å². The smallest absolute Gasteiger partial charge is 0.410 e. The average molecular weight is 568 g/mol. The number of hydroxylamine groups is 1. The highest BCUT2D eigenvalue weighted by Crippen LogP contribution is 2.38. The summed E-state index contributed by atoms with van der Waals surface area (Å²) in [5.41, 5.74) is 1.92. The van der Waals surface area contributed by atoms with E-state index in [4.69, 9.17) is 4.74 Å². The van der Waals surface area contributed by atoms with Gasteiger partial charge in [0.2, 0.25) is 0 Å². The van der Waals surface area contributed by atoms with Gasteiger partial charge in [0.1, 0.15) is 23.6 Å². The molecule has 1 amide bonds. The second-order valence-electron chi connectivity index (χ2n) is 11.9. The molecular formula is C30H38FN5O3S. The Labute approximate surface area is 239 Å². The van der Waals surface area contributed by atoms with E-state index in [9.17, 15) is 10.0 Å². The monoisotopic (exact) mass is 567 g/mol. The molecule has 3 aromatic rings. The Bertz CT molecular complexity index is 1390. The van der Waals surface area contributed by atoms with Crippen LogP contribution in [0, 0.1) is 11.0 Å². The average Bonchev–Trinajstić information content (AvgIpc) is 3.36. The number of piperidine rings is 1. The minimum absolute atomic E-state index is 0.0195. The first kappa shape index (κ1) is 28.3. The van der Waals surface area contributed by atoms with Crippen LogP contribution in [0.1, 0.15) is 71.3 Å². The number of carbonyl (C=O) groups is 1. The van der Waals surface area contributed by atoms with Gasteiger partial charge in [-0.1, -0.05) is 12.5 Å². The molecule has 0 bridgehead atoms. The van der Waals surface area contributed by atoms with E-state index in [0.717, 1.165) is 53.8 Å². The largest absolute Gasteiger partial charge is 0.624 e. The molecule has 2 fully saturated rings. The van der Waals surface area contributed by atoms with E-state index in [1.54, 1.807) is 17.0 Å². The third-order valence-electron chi connectivity index (χ3n) is 7.83. The van der Waals surface area contributed by atoms with Crippen LogP contribution >= 0.6 is 11.3 Å². The normalized spacial score (nSPS) is 17.8. The molecule has 1 saturated carbocycles. The maximum absolute atomic E-state index is 15.4. The summed E-state index contributed by atoms with van der Waals surface area (Å²) in [5.74, 6) is 0.422. The summed E-state index contributed by atoms with van der Waals surface area (Å²) in [4.78, 5) is 25.5. The van der Waals surface area contributed by atoms with E-state index in [2.05, 4.69) is 14.9 Å². The second-order valence-corrected chi connectivity index (χ2v) is 12.7. The zero-order valence-corrected chi connectivity index (χ0v) is 24.5. The van der Waals surface area contributed by atoms with E-state index in [0.29, 0.717) is 35.3 Å². The predicted molar refractivity (Wildman–Crippen MR) is 158 cm³/mol. The molecule has 1 aliphatic carbocycles. The standard InChI is InChI=1S/C30H38FN5O3S/c1-30(2,3)39-29(37)35-14-12-21(13-15-35)34(4)28-27-26(32-19-33-28)24(18-40-27)23-11-10-20(16-25(23)31)17-36(38)22-8-6-5-7-9-22/h10-11,16-19,21-22H,5-9,12-15H2,1-4H3/b36-17-. The van der Waals surface area contributed by atoms with Crippen LogP contribution in [0.4, 0.5) is 15.0 Å². The number of anilines is 1. The van der Waals surface area contributed by atoms with E-state index >= 15 is 4.39 Å². The fourth-order valence-electron chi connectivity index (χ4n) is 5.63. The number of hydrogen-bond acceptors (Lipinski definition) is 7. The van der Waals surface area contributed by atoms with Crippen molar-refractivity contribution in [2.75, 3.05) is 25.0 Å². The van der Waals surface area contributed by atoms with Crippen LogP contribution in [-0.4, -0.2) is 69.7 Å². The maximum atomic E-state index is 15.4. The van der Waals surface area contributed by atoms with E-state index in [1.807, 2.05) is 33.2 Å². The fourth-order valence-corrected chi connectivity index (χ4v) is 6.68. The number of ether oxygens (including phenoxy) is 1. The molecule has 0 spiro atoms. The summed E-state index contributed by atoms with van der Waals surface area (Å²) in [7, 11) is 2.02. The number of rotatable bonds is 5. The van der Waals surface area contributed by atoms with Gasteiger partial charge in [0.25, 0.3) is 0 Å². The van der Waals surface area contributed by atoms with Gasteiger partial charge in [-0.05, 0) is 58.6 Å². The molecule has 214 valence electrons. The number of nitrogens with zero attached hydrogens (tertiary/aromatic N) is 5. The fraction of sp³-hybridized carbons (Fsp3) is 0.533. The highest BCUT2D eigenvalue weighted by atomic mass is 32.1. The molecule has 3 heterocycles. The number of likely N-dealkylation sites (tertiary alicyclic amines) is 1. The molecule has 0 unspecified atom stereocenters. The van der Waals surface area contributed by atoms with Crippen molar-refractivity contribution in [3.05, 3.63) is 46.5 Å². The Kier molecular flexibility index (Phi) is 8.26. The van der Waals surface area contributed by atoms with Crippen LogP contribution in [0.3, 0.4) is 0 Å². The van der Waals surface area contributed by atoms with Crippen LogP contribution in [-0.2, 0) is 4.74 Å². The molecule has 5 rings (SSSR count). The number of halogens is 1. The molecule has 0 radical (unpaired) electrons. The highest BCUT2D eigenvalue weighted by molar-refractivity contribution is 7.18. The molecule has 1 aromatic carbocycles. The van der Waals surface area contributed by atoms with Gasteiger partial charge in [-0.15, -0.1) is 11.3 Å². The Morgan fingerprint density at radius 3 is 2.55 bits per heavy atom. The van der Waals surface area contributed by atoms with Crippen LogP contribution < -0.4 is 4.90 Å². The van der Waals surface area contributed by atoms with Crippen molar-refractivity contribution in [2.45, 2.75) is 83.4 Å². The second kappa shape index (κ2) is 11.7. The van der Waals surface area contributed by atoms with Gasteiger partial charge < -0.3 is 19.7 Å². The van der Waals surface area contributed by atoms with E-state index in [-0.39, 0.29) is 24.0 Å². The third kappa shape index (κ3) is 6.22. The van der Waals surface area contributed by atoms with Crippen LogP contribution in [0.5, 0.6) is 0 Å². The summed E-state index contributed by atoms with van der Waals surface area (Å²) in [5, 5.41) is 14.5. The number of thiophene rings is 1. The van der Waals surface area contributed by atoms with Crippen molar-refractivity contribution in [3.8, 4) is 11.1 Å². The number of aromatic nitrogens is 2. The van der Waals surface area contributed by atoms with E-state index in [1.165, 1.54) is 36.4 Å². The van der Waals surface area contributed by atoms with Gasteiger partial charge >= 0.3 is 6.09 Å². The van der Waals surface area contributed by atoms with Crippen molar-refractivity contribution in [2.24, 2.45) is 0 Å². The Balaban J connectivity index is 1.32. The Hall–Kier alpha value is -3.27. The molecular weight excluding hydrogens is 529 g/mol. The number of benzene rings is 1.